The smallest absolute Gasteiger partial charge is 0.408 e. The van der Waals surface area contributed by atoms with Crippen LogP contribution in [-0.4, -0.2) is 113 Å². The van der Waals surface area contributed by atoms with E-state index in [0.29, 0.717) is 36.2 Å². The number of rotatable bonds is 8. The van der Waals surface area contributed by atoms with E-state index in [1.165, 1.54) is 4.90 Å². The molecule has 3 fully saturated rings. The molecule has 18 heteroatoms. The first-order chi connectivity index (χ1) is 26.7. The number of methoxy groups -OCH3 is 1. The van der Waals surface area contributed by atoms with Gasteiger partial charge in [0.05, 0.1) is 25.5 Å². The van der Waals surface area contributed by atoms with Gasteiger partial charge < -0.3 is 34.5 Å². The van der Waals surface area contributed by atoms with Gasteiger partial charge in [-0.15, -0.1) is 0 Å². The van der Waals surface area contributed by atoms with Gasteiger partial charge in [0.2, 0.25) is 27.7 Å². The van der Waals surface area contributed by atoms with E-state index < -0.39 is 74.3 Å². The molecule has 1 unspecified atom stereocenters. The Bertz CT molecular complexity index is 2130. The fourth-order valence-corrected chi connectivity index (χ4v) is 8.46. The maximum atomic E-state index is 14.5. The number of pyridine rings is 1. The Kier molecular flexibility index (Phi) is 10.7. The van der Waals surface area contributed by atoms with Gasteiger partial charge >= 0.3 is 6.09 Å². The molecule has 1 saturated heterocycles. The van der Waals surface area contributed by atoms with Crippen molar-refractivity contribution >= 4 is 44.6 Å². The second-order valence-corrected chi connectivity index (χ2v) is 17.6. The normalized spacial score (nSPS) is 25.9. The summed E-state index contributed by atoms with van der Waals surface area (Å²) in [6.45, 7) is 5.48. The summed E-state index contributed by atoms with van der Waals surface area (Å²) in [7, 11) is -2.37. The van der Waals surface area contributed by atoms with E-state index in [-0.39, 0.29) is 44.9 Å². The Morgan fingerprint density at radius 1 is 1.12 bits per heavy atom. The molecular weight excluding hydrogens is 747 g/mol. The lowest BCUT2D eigenvalue weighted by atomic mass is 10.1. The van der Waals surface area contributed by atoms with Crippen molar-refractivity contribution in [3.63, 3.8) is 0 Å². The number of carbonyl (C=O) groups excluding carboxylic acids is 4. The third-order valence-corrected chi connectivity index (χ3v) is 12.0. The zero-order valence-electron chi connectivity index (χ0n) is 31.7. The van der Waals surface area contributed by atoms with Crippen LogP contribution in [0.3, 0.4) is 0 Å². The Labute approximate surface area is 324 Å². The number of alkyl carbamates (subject to hydrolysis) is 1. The highest BCUT2D eigenvalue weighted by Crippen LogP contribution is 2.46. The predicted molar refractivity (Wildman–Crippen MR) is 201 cm³/mol. The SMILES string of the molecule is COc1ccc2c(OC3C[C@H]4C(=O)N[C@]5(C(=O)NS(=O)(=O)C6CC6)C[C@H]5C=CCOCCC[C@H](NC(=O)OC(C)(C)C)C(=O)N4C3)nc(-n3cccn3)cc2c1. The van der Waals surface area contributed by atoms with Crippen molar-refractivity contribution in [1.29, 1.82) is 0 Å². The van der Waals surface area contributed by atoms with E-state index in [1.54, 1.807) is 75.3 Å². The van der Waals surface area contributed by atoms with Crippen LogP contribution in [0.5, 0.6) is 11.6 Å². The Morgan fingerprint density at radius 3 is 2.64 bits per heavy atom. The molecule has 56 heavy (non-hydrogen) atoms. The third kappa shape index (κ3) is 8.60. The molecule has 2 saturated carbocycles. The summed E-state index contributed by atoms with van der Waals surface area (Å²) in [6, 6.07) is 6.71. The van der Waals surface area contributed by atoms with Crippen LogP contribution in [0.15, 0.2) is 54.9 Å². The lowest BCUT2D eigenvalue weighted by molar-refractivity contribution is -0.141. The highest BCUT2D eigenvalue weighted by atomic mass is 32.2. The van der Waals surface area contributed by atoms with Gasteiger partial charge in [0.1, 0.15) is 35.1 Å². The molecule has 2 aromatic heterocycles. The van der Waals surface area contributed by atoms with E-state index in [2.05, 4.69) is 20.5 Å². The van der Waals surface area contributed by atoms with Crippen LogP contribution >= 0.6 is 0 Å². The average molecular weight is 794 g/mol. The van der Waals surface area contributed by atoms with Crippen LogP contribution in [-0.2, 0) is 33.9 Å². The number of carbonyl (C=O) groups is 4. The van der Waals surface area contributed by atoms with E-state index in [1.807, 2.05) is 12.1 Å². The summed E-state index contributed by atoms with van der Waals surface area (Å²) in [5, 5.41) is 10.6. The molecule has 4 aliphatic rings. The molecule has 0 radical (unpaired) electrons. The van der Waals surface area contributed by atoms with Gasteiger partial charge in [-0.1, -0.05) is 12.2 Å². The van der Waals surface area contributed by atoms with Crippen LogP contribution in [0, 0.1) is 5.92 Å². The highest BCUT2D eigenvalue weighted by Gasteiger charge is 2.62. The monoisotopic (exact) mass is 793 g/mol. The summed E-state index contributed by atoms with van der Waals surface area (Å²) >= 11 is 0. The molecular formula is C38H47N7O10S. The maximum absolute atomic E-state index is 14.5. The third-order valence-electron chi connectivity index (χ3n) is 10.2. The molecule has 17 nitrogen and oxygen atoms in total. The Hall–Kier alpha value is -5.23. The van der Waals surface area contributed by atoms with E-state index in [4.69, 9.17) is 23.9 Å². The van der Waals surface area contributed by atoms with Gasteiger partial charge in [0, 0.05) is 36.7 Å². The first kappa shape index (κ1) is 39.0. The minimum absolute atomic E-state index is 0.0102. The fourth-order valence-electron chi connectivity index (χ4n) is 7.10. The van der Waals surface area contributed by atoms with Gasteiger partial charge in [-0.25, -0.2) is 17.9 Å². The molecule has 4 heterocycles. The van der Waals surface area contributed by atoms with Gasteiger partial charge in [0.15, 0.2) is 5.82 Å². The minimum atomic E-state index is -3.93. The average Bonchev–Trinajstić information content (AvgIpc) is 4.00. The van der Waals surface area contributed by atoms with Gasteiger partial charge in [-0.05, 0) is 88.6 Å². The topological polar surface area (TPSA) is 209 Å². The second kappa shape index (κ2) is 15.4. The number of ether oxygens (including phenoxy) is 4. The molecule has 4 amide bonds. The van der Waals surface area contributed by atoms with Crippen LogP contribution in [0.25, 0.3) is 16.6 Å². The van der Waals surface area contributed by atoms with Gasteiger partial charge in [-0.3, -0.25) is 19.1 Å². The van der Waals surface area contributed by atoms with E-state index in [0.717, 1.165) is 5.39 Å². The number of benzene rings is 1. The van der Waals surface area contributed by atoms with Crippen molar-refractivity contribution in [2.24, 2.45) is 5.92 Å². The Morgan fingerprint density at radius 2 is 1.93 bits per heavy atom. The van der Waals surface area contributed by atoms with Crippen LogP contribution < -0.4 is 24.8 Å². The summed E-state index contributed by atoms with van der Waals surface area (Å²) in [4.78, 5) is 61.9. The molecule has 2 aliphatic heterocycles. The van der Waals surface area contributed by atoms with Crippen LogP contribution in [0.1, 0.15) is 59.3 Å². The predicted octanol–water partition coefficient (Wildman–Crippen LogP) is 2.52. The summed E-state index contributed by atoms with van der Waals surface area (Å²) in [5.41, 5.74) is -2.42. The van der Waals surface area contributed by atoms with Crippen molar-refractivity contribution in [3.05, 3.63) is 54.9 Å². The number of nitrogens with one attached hydrogen (secondary N) is 3. The number of aromatic nitrogens is 3. The van der Waals surface area contributed by atoms with Crippen molar-refractivity contribution in [2.75, 3.05) is 26.9 Å². The molecule has 7 rings (SSSR count). The minimum Gasteiger partial charge on any atom is -0.497 e. The maximum Gasteiger partial charge on any atom is 0.408 e. The molecule has 0 bridgehead atoms. The lowest BCUT2D eigenvalue weighted by Crippen LogP contribution is -2.58. The molecule has 0 spiro atoms. The van der Waals surface area contributed by atoms with E-state index >= 15 is 0 Å². The lowest BCUT2D eigenvalue weighted by Gasteiger charge is -2.30. The summed E-state index contributed by atoms with van der Waals surface area (Å²) < 4.78 is 52.7. The summed E-state index contributed by atoms with van der Waals surface area (Å²) in [6.07, 6.45) is 6.82. The highest BCUT2D eigenvalue weighted by molar-refractivity contribution is 7.91. The first-order valence-corrected chi connectivity index (χ1v) is 20.3. The van der Waals surface area contributed by atoms with Crippen molar-refractivity contribution in [3.8, 4) is 17.4 Å². The number of sulfonamides is 1. The number of fused-ring (bicyclic) bond motifs is 3. The zero-order chi connectivity index (χ0) is 39.8. The molecule has 3 N–H and O–H groups in total. The molecule has 2 aliphatic carbocycles. The molecule has 3 aromatic rings. The number of amides is 4. The number of hydrogen-bond donors (Lipinski definition) is 3. The quantitative estimate of drug-likeness (QED) is 0.281. The fraction of sp³-hybridized carbons (Fsp3) is 0.526. The van der Waals surface area contributed by atoms with Gasteiger partial charge in [-0.2, -0.15) is 10.1 Å². The van der Waals surface area contributed by atoms with Crippen molar-refractivity contribution < 1.29 is 46.5 Å². The molecule has 5 atom stereocenters. The van der Waals surface area contributed by atoms with Crippen molar-refractivity contribution in [1.82, 2.24) is 35.0 Å². The van der Waals surface area contributed by atoms with Gasteiger partial charge in [0.25, 0.3) is 5.91 Å². The standard InChI is InChI=1S/C38H47N7O10S/c1-37(2,3)55-36(49)40-29-9-6-17-53-16-5-8-24-21-38(24,35(48)43-56(50,51)27-11-12-27)42-32(46)30-20-26(22-44(30)34(29)47)54-33-28-13-10-25(52-4)18-23(28)19-31(41-33)45-15-7-14-39-45/h5,7-8,10,13-15,18-19,24,26-27,29-30H,6,9,11-12,16-17,20-22H2,1-4H3,(H,40,49)(H,42,46)(H,43,48)/t24-,26?,29+,30+,38-/m1/s1. The zero-order valence-corrected chi connectivity index (χ0v) is 32.5. The Balaban J connectivity index is 1.22. The van der Waals surface area contributed by atoms with Crippen LogP contribution in [0.2, 0.25) is 0 Å². The number of nitrogens with zero attached hydrogens (tertiary/aromatic N) is 4. The largest absolute Gasteiger partial charge is 0.497 e. The van der Waals surface area contributed by atoms with Crippen molar-refractivity contribution in [2.45, 2.75) is 93.9 Å². The first-order valence-electron chi connectivity index (χ1n) is 18.7. The summed E-state index contributed by atoms with van der Waals surface area (Å²) in [5.74, 6) is -1.30. The number of hydrogen-bond acceptors (Lipinski definition) is 12. The molecule has 300 valence electrons. The molecule has 1 aromatic carbocycles. The van der Waals surface area contributed by atoms with Crippen LogP contribution in [0.4, 0.5) is 4.79 Å². The van der Waals surface area contributed by atoms with E-state index in [9.17, 15) is 27.6 Å². The second-order valence-electron chi connectivity index (χ2n) is 15.6.